The fraction of sp³-hybridized carbons (Fsp3) is 0.552. The number of anilines is 1. The van der Waals surface area contributed by atoms with E-state index < -0.39 is 0 Å². The second-order valence-corrected chi connectivity index (χ2v) is 11.8. The molecule has 4 heterocycles. The van der Waals surface area contributed by atoms with Gasteiger partial charge >= 0.3 is 0 Å². The number of fused-ring (bicyclic) bond motifs is 2. The first-order valence-corrected chi connectivity index (χ1v) is 14.4. The number of hydrogen-bond donors (Lipinski definition) is 0. The van der Waals surface area contributed by atoms with Crippen molar-refractivity contribution in [1.82, 2.24) is 14.9 Å². The van der Waals surface area contributed by atoms with Crippen LogP contribution in [0.25, 0.3) is 10.9 Å². The molecule has 3 aromatic rings. The van der Waals surface area contributed by atoms with Gasteiger partial charge in [0.05, 0.1) is 11.2 Å². The van der Waals surface area contributed by atoms with Crippen LogP contribution >= 0.6 is 11.3 Å². The highest BCUT2D eigenvalue weighted by molar-refractivity contribution is 7.15. The number of carbonyl (C=O) groups is 1. The Bertz CT molecular complexity index is 1170. The summed E-state index contributed by atoms with van der Waals surface area (Å²) in [5, 5.41) is 2.26. The van der Waals surface area contributed by atoms with Gasteiger partial charge in [0.25, 0.3) is 0 Å². The maximum atomic E-state index is 13.1. The number of thiazole rings is 1. The molecular weight excluding hydrogens is 452 g/mol. The molecule has 3 aliphatic rings. The zero-order chi connectivity index (χ0) is 23.6. The lowest BCUT2D eigenvalue weighted by Gasteiger charge is -2.31. The molecule has 0 radical (unpaired) electrons. The molecular formula is C29H36N4OS. The van der Waals surface area contributed by atoms with Crippen molar-refractivity contribution in [2.75, 3.05) is 31.1 Å². The molecule has 1 saturated carbocycles. The number of hydrogen-bond acceptors (Lipinski definition) is 6. The Labute approximate surface area is 212 Å². The van der Waals surface area contributed by atoms with Crippen molar-refractivity contribution in [3.63, 3.8) is 0 Å². The van der Waals surface area contributed by atoms with Crippen molar-refractivity contribution in [2.45, 2.75) is 64.3 Å². The third kappa shape index (κ3) is 5.14. The Morgan fingerprint density at radius 3 is 2.69 bits per heavy atom. The van der Waals surface area contributed by atoms with Gasteiger partial charge in [0.15, 0.2) is 10.9 Å². The summed E-state index contributed by atoms with van der Waals surface area (Å²) in [5.41, 5.74) is 3.10. The van der Waals surface area contributed by atoms with E-state index in [9.17, 15) is 4.79 Å². The summed E-state index contributed by atoms with van der Waals surface area (Å²) in [5.74, 6) is 1.62. The second kappa shape index (κ2) is 10.4. The van der Waals surface area contributed by atoms with Crippen molar-refractivity contribution < 1.29 is 4.79 Å². The van der Waals surface area contributed by atoms with Crippen LogP contribution in [0.1, 0.15) is 72.3 Å². The maximum Gasteiger partial charge on any atom is 0.185 e. The van der Waals surface area contributed by atoms with Crippen LogP contribution < -0.4 is 4.90 Å². The molecule has 2 fully saturated rings. The van der Waals surface area contributed by atoms with E-state index in [0.717, 1.165) is 28.9 Å². The minimum absolute atomic E-state index is 0.285. The van der Waals surface area contributed by atoms with Gasteiger partial charge in [0.1, 0.15) is 0 Å². The summed E-state index contributed by atoms with van der Waals surface area (Å²) in [7, 11) is 0. The predicted molar refractivity (Wildman–Crippen MR) is 143 cm³/mol. The molecule has 0 N–H and O–H groups in total. The number of carbonyl (C=O) groups excluding carboxylic acids is 1. The normalized spacial score (nSPS) is 23.0. The quantitative estimate of drug-likeness (QED) is 0.375. The summed E-state index contributed by atoms with van der Waals surface area (Å²) in [6, 6.07) is 9.87. The molecule has 2 aliphatic heterocycles. The van der Waals surface area contributed by atoms with Gasteiger partial charge in [-0.1, -0.05) is 31.0 Å². The predicted octanol–water partition coefficient (Wildman–Crippen LogP) is 6.12. The number of nitrogens with zero attached hydrogens (tertiary/aromatic N) is 4. The smallest absolute Gasteiger partial charge is 0.185 e. The van der Waals surface area contributed by atoms with Gasteiger partial charge < -0.3 is 4.90 Å². The summed E-state index contributed by atoms with van der Waals surface area (Å²) < 4.78 is 0. The van der Waals surface area contributed by atoms with Crippen LogP contribution in [0.4, 0.5) is 5.13 Å². The molecule has 6 heteroatoms. The fourth-order valence-electron chi connectivity index (χ4n) is 6.28. The van der Waals surface area contributed by atoms with E-state index in [-0.39, 0.29) is 5.78 Å². The lowest BCUT2D eigenvalue weighted by molar-refractivity contribution is 0.0941. The van der Waals surface area contributed by atoms with E-state index in [2.05, 4.69) is 14.8 Å². The lowest BCUT2D eigenvalue weighted by atomic mass is 9.78. The average Bonchev–Trinajstić information content (AvgIpc) is 3.58. The van der Waals surface area contributed by atoms with Crippen molar-refractivity contribution in [2.24, 2.45) is 11.8 Å². The number of Topliss-reactive ketones (excluding diaryl/α,β-unsaturated/α-hetero) is 1. The first-order valence-electron chi connectivity index (χ1n) is 13.6. The van der Waals surface area contributed by atoms with Gasteiger partial charge in [-0.05, 0) is 69.0 Å². The number of aromatic nitrogens is 2. The number of rotatable bonds is 7. The SMILES string of the molecule is O=C(CC1CCC(CCN2CCc3sc(N4CCCC4)nc3C2)CC1)c1cccc2ncccc12. The van der Waals surface area contributed by atoms with E-state index in [0.29, 0.717) is 12.3 Å². The molecule has 184 valence electrons. The fourth-order valence-corrected chi connectivity index (χ4v) is 7.39. The summed E-state index contributed by atoms with van der Waals surface area (Å²) in [4.78, 5) is 29.1. The van der Waals surface area contributed by atoms with E-state index in [1.54, 1.807) is 6.20 Å². The van der Waals surface area contributed by atoms with Gasteiger partial charge in [-0.15, -0.1) is 11.3 Å². The van der Waals surface area contributed by atoms with Crippen molar-refractivity contribution in [1.29, 1.82) is 0 Å². The number of ketones is 1. The van der Waals surface area contributed by atoms with Gasteiger partial charge in [0, 0.05) is 54.6 Å². The molecule has 2 aromatic heterocycles. The van der Waals surface area contributed by atoms with Crippen molar-refractivity contribution in [3.8, 4) is 0 Å². The van der Waals surface area contributed by atoms with Crippen LogP contribution in [-0.4, -0.2) is 46.8 Å². The van der Waals surface area contributed by atoms with Crippen molar-refractivity contribution >= 4 is 33.2 Å². The van der Waals surface area contributed by atoms with Crippen molar-refractivity contribution in [3.05, 3.63) is 52.7 Å². The van der Waals surface area contributed by atoms with Crippen LogP contribution in [0, 0.1) is 11.8 Å². The monoisotopic (exact) mass is 488 g/mol. The second-order valence-electron chi connectivity index (χ2n) is 10.8. The standard InChI is InChI=1S/C29H36N4OS/c34-27(24-5-3-7-25-23(24)6-4-14-30-25)19-22-10-8-21(9-11-22)12-17-32-18-13-28-26(20-32)31-29(35-28)33-15-1-2-16-33/h3-7,14,21-22H,1-2,8-13,15-20H2. The van der Waals surface area contributed by atoms with E-state index in [1.807, 2.05) is 41.7 Å². The molecule has 5 nitrogen and oxygen atoms in total. The van der Waals surface area contributed by atoms with Gasteiger partial charge in [-0.2, -0.15) is 0 Å². The highest BCUT2D eigenvalue weighted by Gasteiger charge is 2.27. The molecule has 0 spiro atoms. The van der Waals surface area contributed by atoms with Gasteiger partial charge in [-0.25, -0.2) is 4.98 Å². The first kappa shape index (κ1) is 23.1. The lowest BCUT2D eigenvalue weighted by Crippen LogP contribution is -2.32. The highest BCUT2D eigenvalue weighted by Crippen LogP contribution is 2.35. The largest absolute Gasteiger partial charge is 0.348 e. The molecule has 0 bridgehead atoms. The summed E-state index contributed by atoms with van der Waals surface area (Å²) in [6.07, 6.45) is 12.5. The minimum Gasteiger partial charge on any atom is -0.348 e. The van der Waals surface area contributed by atoms with Gasteiger partial charge in [-0.3, -0.25) is 14.7 Å². The Morgan fingerprint density at radius 1 is 1.00 bits per heavy atom. The highest BCUT2D eigenvalue weighted by atomic mass is 32.1. The topological polar surface area (TPSA) is 49.3 Å². The Kier molecular flexibility index (Phi) is 6.84. The van der Waals surface area contributed by atoms with E-state index in [4.69, 9.17) is 4.98 Å². The molecule has 6 rings (SSSR count). The Morgan fingerprint density at radius 2 is 1.83 bits per heavy atom. The Balaban J connectivity index is 0.967. The molecule has 1 aromatic carbocycles. The van der Waals surface area contributed by atoms with Crippen LogP contribution in [0.2, 0.25) is 0 Å². The van der Waals surface area contributed by atoms with Crippen LogP contribution in [-0.2, 0) is 13.0 Å². The summed E-state index contributed by atoms with van der Waals surface area (Å²) in [6.45, 7) is 5.77. The molecule has 35 heavy (non-hydrogen) atoms. The van der Waals surface area contributed by atoms with E-state index >= 15 is 0 Å². The Hall–Kier alpha value is -2.31. The van der Waals surface area contributed by atoms with Crippen LogP contribution in [0.15, 0.2) is 36.5 Å². The molecule has 1 saturated heterocycles. The third-order valence-electron chi connectivity index (χ3n) is 8.41. The maximum absolute atomic E-state index is 13.1. The molecule has 0 atom stereocenters. The zero-order valence-corrected chi connectivity index (χ0v) is 21.4. The summed E-state index contributed by atoms with van der Waals surface area (Å²) >= 11 is 1.94. The van der Waals surface area contributed by atoms with Gasteiger partial charge in [0.2, 0.25) is 0 Å². The third-order valence-corrected chi connectivity index (χ3v) is 9.63. The minimum atomic E-state index is 0.285. The first-order chi connectivity index (χ1) is 17.2. The average molecular weight is 489 g/mol. The van der Waals surface area contributed by atoms with Crippen LogP contribution in [0.5, 0.6) is 0 Å². The van der Waals surface area contributed by atoms with E-state index in [1.165, 1.54) is 93.2 Å². The molecule has 0 unspecified atom stereocenters. The number of pyridine rings is 1. The molecule has 1 aliphatic carbocycles. The van der Waals surface area contributed by atoms with Crippen LogP contribution in [0.3, 0.4) is 0 Å². The number of benzene rings is 1. The molecule has 0 amide bonds. The zero-order valence-electron chi connectivity index (χ0n) is 20.6.